The maximum atomic E-state index is 9.34. The van der Waals surface area contributed by atoms with Gasteiger partial charge in [0.25, 0.3) is 0 Å². The lowest BCUT2D eigenvalue weighted by Gasteiger charge is -1.99. The highest BCUT2D eigenvalue weighted by molar-refractivity contribution is 5.74. The van der Waals surface area contributed by atoms with Gasteiger partial charge in [0.2, 0.25) is 5.91 Å². The third kappa shape index (κ3) is 34.6. The minimum absolute atomic E-state index is 0. The number of aliphatic hydroxyl groups is 1. The molecule has 4 heteroatoms. The van der Waals surface area contributed by atoms with E-state index in [2.05, 4.69) is 19.6 Å². The fourth-order valence-corrected chi connectivity index (χ4v) is 0.526. The number of amides is 1. The Hall–Kier alpha value is -0.610. The lowest BCUT2D eigenvalue weighted by Crippen LogP contribution is -2.14. The summed E-state index contributed by atoms with van der Waals surface area (Å²) in [5.41, 5.74) is 9.88. The van der Waals surface area contributed by atoms with Crippen molar-refractivity contribution in [2.75, 3.05) is 6.61 Å². The van der Waals surface area contributed by atoms with Crippen LogP contribution in [-0.4, -0.2) is 23.7 Å². The third-order valence-corrected chi connectivity index (χ3v) is 1.17. The minimum Gasteiger partial charge on any atom is -0.387 e. The van der Waals surface area contributed by atoms with Crippen LogP contribution < -0.4 is 11.5 Å². The molecule has 1 atom stereocenters. The van der Waals surface area contributed by atoms with Gasteiger partial charge in [0.05, 0.1) is 0 Å². The molecule has 0 aromatic heterocycles. The van der Waals surface area contributed by atoms with E-state index in [1.54, 1.807) is 0 Å². The van der Waals surface area contributed by atoms with Crippen molar-refractivity contribution in [2.45, 2.75) is 46.6 Å². The fraction of sp³-hybridized carbons (Fsp3) is 0.889. The number of hydrogen-bond acceptors (Lipinski definition) is 3. The molecule has 0 heterocycles. The largest absolute Gasteiger partial charge is 0.387 e. The number of aliphatic hydroxyl groups excluding tert-OH is 1. The number of primary amides is 1. The molecule has 0 aliphatic heterocycles. The maximum absolute atomic E-state index is 9.34. The van der Waals surface area contributed by atoms with Crippen molar-refractivity contribution in [3.05, 3.63) is 0 Å². The van der Waals surface area contributed by atoms with Crippen LogP contribution in [0.4, 0.5) is 0 Å². The summed E-state index contributed by atoms with van der Waals surface area (Å²) in [4.78, 5) is 9.34. The average Bonchev–Trinajstić information content (AvgIpc) is 2.02. The van der Waals surface area contributed by atoms with E-state index >= 15 is 0 Å². The topological polar surface area (TPSA) is 89.3 Å². The Balaban J connectivity index is -0.000000150. The Bertz CT molecular complexity index is 106. The van der Waals surface area contributed by atoms with Crippen molar-refractivity contribution >= 4 is 5.91 Å². The molecule has 0 bridgehead atoms. The number of hydrogen-bond donors (Lipinski definition) is 3. The smallest absolute Gasteiger partial charge is 0.243 e. The van der Waals surface area contributed by atoms with Gasteiger partial charge < -0.3 is 16.6 Å². The first-order valence-electron chi connectivity index (χ1n) is 4.19. The maximum Gasteiger partial charge on any atom is 0.243 e. The molecule has 1 unspecified atom stereocenters. The summed E-state index contributed by atoms with van der Waals surface area (Å²) in [6.45, 7) is 3.68. The van der Waals surface area contributed by atoms with E-state index in [0.717, 1.165) is 0 Å². The summed E-state index contributed by atoms with van der Waals surface area (Å²) in [7, 11) is 0. The van der Waals surface area contributed by atoms with Crippen molar-refractivity contribution in [3.8, 4) is 0 Å². The van der Waals surface area contributed by atoms with Gasteiger partial charge in [-0.1, -0.05) is 27.2 Å². The molecule has 0 aromatic carbocycles. The van der Waals surface area contributed by atoms with Crippen LogP contribution in [-0.2, 0) is 4.79 Å². The second kappa shape index (κ2) is 13.9. The molecule has 0 aliphatic rings. The van der Waals surface area contributed by atoms with Crippen molar-refractivity contribution in [2.24, 2.45) is 11.5 Å². The van der Waals surface area contributed by atoms with Crippen LogP contribution in [0.3, 0.4) is 0 Å². The highest BCUT2D eigenvalue weighted by Gasteiger charge is 1.88. The summed E-state index contributed by atoms with van der Waals surface area (Å²) in [5.74, 6) is -0.690. The lowest BCUT2D eigenvalue weighted by atomic mass is 10.2. The molecule has 0 fully saturated rings. The lowest BCUT2D eigenvalue weighted by molar-refractivity contribution is -0.120. The number of unbranched alkanes of at least 4 members (excludes halogenated alkanes) is 1. The molecular formula is C9H24N2O2. The van der Waals surface area contributed by atoms with Gasteiger partial charge in [-0.3, -0.25) is 4.79 Å². The Morgan fingerprint density at radius 1 is 1.54 bits per heavy atom. The third-order valence-electron chi connectivity index (χ3n) is 1.17. The van der Waals surface area contributed by atoms with Gasteiger partial charge in [0.15, 0.2) is 0 Å². The van der Waals surface area contributed by atoms with Crippen LogP contribution >= 0.6 is 0 Å². The molecule has 0 saturated heterocycles. The van der Waals surface area contributed by atoms with Gasteiger partial charge in [-0.05, 0) is 13.3 Å². The van der Waals surface area contributed by atoms with Gasteiger partial charge in [-0.2, -0.15) is 0 Å². The summed E-state index contributed by atoms with van der Waals surface area (Å²) >= 11 is 0. The van der Waals surface area contributed by atoms with E-state index in [1.807, 2.05) is 0 Å². The van der Waals surface area contributed by atoms with E-state index in [0.29, 0.717) is 6.04 Å². The summed E-state index contributed by atoms with van der Waals surface area (Å²) in [6, 6.07) is 0.403. The molecule has 5 N–H and O–H groups in total. The quantitative estimate of drug-likeness (QED) is 0.610. The van der Waals surface area contributed by atoms with Crippen LogP contribution in [0.5, 0.6) is 0 Å². The second-order valence-corrected chi connectivity index (χ2v) is 2.74. The minimum atomic E-state index is -0.690. The van der Waals surface area contributed by atoms with Crippen molar-refractivity contribution in [3.63, 3.8) is 0 Å². The van der Waals surface area contributed by atoms with Gasteiger partial charge in [0, 0.05) is 6.04 Å². The molecule has 13 heavy (non-hydrogen) atoms. The zero-order valence-electron chi connectivity index (χ0n) is 7.92. The number of rotatable bonds is 4. The summed E-state index contributed by atoms with van der Waals surface area (Å²) in [5, 5.41) is 7.67. The number of nitrogens with two attached hydrogens (primary N) is 2. The Labute approximate surface area is 81.3 Å². The number of carbonyl (C=O) groups is 1. The molecule has 0 rings (SSSR count). The first-order valence-corrected chi connectivity index (χ1v) is 4.19. The molecule has 0 aromatic rings. The molecule has 0 spiro atoms. The van der Waals surface area contributed by atoms with Crippen molar-refractivity contribution < 1.29 is 9.90 Å². The Morgan fingerprint density at radius 2 is 1.92 bits per heavy atom. The monoisotopic (exact) mass is 192 g/mol. The summed E-state index contributed by atoms with van der Waals surface area (Å²) < 4.78 is 0. The normalized spacial score (nSPS) is 10.5. The number of carbonyl (C=O) groups excluding carboxylic acids is 1. The molecule has 1 amide bonds. The van der Waals surface area contributed by atoms with Gasteiger partial charge in [0.1, 0.15) is 6.61 Å². The standard InChI is InChI=1S/C6H15N.C2H5NO2.CH4/c1-3-4-5-6(2)7;3-2(5)1-4;/h6H,3-5,7H2,1-2H3;4H,1H2,(H2,3,5);1H4. The Kier molecular flexibility index (Phi) is 19.6. The van der Waals surface area contributed by atoms with Crippen LogP contribution in [0.2, 0.25) is 0 Å². The molecule has 4 nitrogen and oxygen atoms in total. The van der Waals surface area contributed by atoms with Crippen LogP contribution in [0.1, 0.15) is 40.5 Å². The first kappa shape index (κ1) is 18.2. The highest BCUT2D eigenvalue weighted by Crippen LogP contribution is 1.95. The summed E-state index contributed by atoms with van der Waals surface area (Å²) in [6.07, 6.45) is 3.72. The van der Waals surface area contributed by atoms with Gasteiger partial charge in [-0.25, -0.2) is 0 Å². The Morgan fingerprint density at radius 3 is 2.00 bits per heavy atom. The molecule has 0 radical (unpaired) electrons. The van der Waals surface area contributed by atoms with E-state index in [1.165, 1.54) is 19.3 Å². The van der Waals surface area contributed by atoms with Gasteiger partial charge >= 0.3 is 0 Å². The van der Waals surface area contributed by atoms with E-state index in [9.17, 15) is 4.79 Å². The average molecular weight is 192 g/mol. The SMILES string of the molecule is C.CCCCC(C)N.NC(=O)CO. The highest BCUT2D eigenvalue weighted by atomic mass is 16.3. The van der Waals surface area contributed by atoms with E-state index in [4.69, 9.17) is 10.8 Å². The predicted octanol–water partition coefficient (Wildman–Crippen LogP) is 0.624. The van der Waals surface area contributed by atoms with Crippen LogP contribution in [0.15, 0.2) is 0 Å². The molecule has 0 aliphatic carbocycles. The second-order valence-electron chi connectivity index (χ2n) is 2.74. The van der Waals surface area contributed by atoms with Gasteiger partial charge in [-0.15, -0.1) is 0 Å². The molecule has 0 saturated carbocycles. The van der Waals surface area contributed by atoms with Crippen LogP contribution in [0.25, 0.3) is 0 Å². The predicted molar refractivity (Wildman–Crippen MR) is 56.2 cm³/mol. The van der Waals surface area contributed by atoms with Crippen molar-refractivity contribution in [1.82, 2.24) is 0 Å². The van der Waals surface area contributed by atoms with E-state index < -0.39 is 12.5 Å². The molecule has 82 valence electrons. The first-order chi connectivity index (χ1) is 5.54. The molecular weight excluding hydrogens is 168 g/mol. The van der Waals surface area contributed by atoms with Crippen LogP contribution in [0, 0.1) is 0 Å². The fourth-order valence-electron chi connectivity index (χ4n) is 0.526. The zero-order chi connectivity index (χ0) is 9.98. The zero-order valence-corrected chi connectivity index (χ0v) is 7.92. The van der Waals surface area contributed by atoms with E-state index in [-0.39, 0.29) is 7.43 Å². The van der Waals surface area contributed by atoms with Crippen molar-refractivity contribution in [1.29, 1.82) is 0 Å².